The van der Waals surface area contributed by atoms with Crippen LogP contribution in [0.1, 0.15) is 19.8 Å². The van der Waals surface area contributed by atoms with Crippen LogP contribution < -0.4 is 10.1 Å². The molecular weight excluding hydrogens is 320 g/mol. The second-order valence-corrected chi connectivity index (χ2v) is 5.93. The van der Waals surface area contributed by atoms with Gasteiger partial charge in [-0.2, -0.15) is 0 Å². The minimum absolute atomic E-state index is 0.0681. The number of likely N-dealkylation sites (N-methyl/N-ethyl adjacent to an activating group) is 1. The summed E-state index contributed by atoms with van der Waals surface area (Å²) < 4.78 is 6.66. The molecule has 0 spiro atoms. The van der Waals surface area contributed by atoms with Crippen LogP contribution in [0.25, 0.3) is 0 Å². The lowest BCUT2D eigenvalue weighted by atomic mass is 10.2. The van der Waals surface area contributed by atoms with Gasteiger partial charge in [0.2, 0.25) is 0 Å². The molecule has 1 saturated heterocycles. The average molecular weight is 341 g/mol. The fraction of sp³-hybridized carbons (Fsp3) is 0.533. The number of likely N-dealkylation sites (tertiary alicyclic amines) is 1. The zero-order valence-corrected chi connectivity index (χ0v) is 13.5. The lowest BCUT2D eigenvalue weighted by Crippen LogP contribution is -2.46. The molecule has 2 rings (SSSR count). The van der Waals surface area contributed by atoms with Crippen molar-refractivity contribution in [3.05, 3.63) is 28.7 Å². The summed E-state index contributed by atoms with van der Waals surface area (Å²) in [6.07, 6.45) is 1.67. The van der Waals surface area contributed by atoms with Gasteiger partial charge in [0, 0.05) is 19.1 Å². The van der Waals surface area contributed by atoms with Crippen LogP contribution in [0.5, 0.6) is 5.75 Å². The largest absolute Gasteiger partial charge is 0.480 e. The molecular formula is C15H21BrN2O2. The van der Waals surface area contributed by atoms with Crippen molar-refractivity contribution in [2.24, 2.45) is 0 Å². The van der Waals surface area contributed by atoms with Gasteiger partial charge in [-0.15, -0.1) is 0 Å². The first-order chi connectivity index (χ1) is 9.63. The van der Waals surface area contributed by atoms with E-state index in [-0.39, 0.29) is 11.9 Å². The van der Waals surface area contributed by atoms with Gasteiger partial charge in [-0.1, -0.05) is 12.1 Å². The molecule has 0 bridgehead atoms. The number of halogens is 1. The highest BCUT2D eigenvalue weighted by Crippen LogP contribution is 2.26. The minimum atomic E-state index is -0.467. The van der Waals surface area contributed by atoms with E-state index in [1.807, 2.05) is 43.1 Å². The molecule has 1 aromatic rings. The average Bonchev–Trinajstić information content (AvgIpc) is 2.89. The van der Waals surface area contributed by atoms with Crippen molar-refractivity contribution in [3.8, 4) is 5.75 Å². The Morgan fingerprint density at radius 1 is 1.55 bits per heavy atom. The van der Waals surface area contributed by atoms with Gasteiger partial charge in [0.25, 0.3) is 5.91 Å². The Labute approximate surface area is 128 Å². The number of carbonyl (C=O) groups excluding carboxylic acids is 1. The molecule has 0 saturated carbocycles. The van der Waals surface area contributed by atoms with Crippen molar-refractivity contribution < 1.29 is 9.53 Å². The summed E-state index contributed by atoms with van der Waals surface area (Å²) in [5.41, 5.74) is 0. The molecule has 1 aromatic carbocycles. The van der Waals surface area contributed by atoms with Crippen LogP contribution in [0.3, 0.4) is 0 Å². The smallest absolute Gasteiger partial charge is 0.263 e. The Balaban J connectivity index is 2.00. The Hall–Kier alpha value is -1.07. The number of hydrogen-bond acceptors (Lipinski definition) is 3. The molecule has 1 aliphatic heterocycles. The Kier molecular flexibility index (Phi) is 5.43. The van der Waals surface area contributed by atoms with Crippen molar-refractivity contribution in [2.45, 2.75) is 31.9 Å². The van der Waals surface area contributed by atoms with Gasteiger partial charge in [-0.05, 0) is 54.9 Å². The fourth-order valence-corrected chi connectivity index (χ4v) is 2.97. The monoisotopic (exact) mass is 340 g/mol. The number of para-hydroxylation sites is 1. The maximum atomic E-state index is 12.5. The van der Waals surface area contributed by atoms with Gasteiger partial charge in [0.05, 0.1) is 4.47 Å². The molecule has 1 amide bonds. The lowest BCUT2D eigenvalue weighted by Gasteiger charge is -2.27. The normalized spacial score (nSPS) is 19.9. The van der Waals surface area contributed by atoms with Crippen LogP contribution in [0.4, 0.5) is 0 Å². The van der Waals surface area contributed by atoms with Crippen molar-refractivity contribution in [1.82, 2.24) is 10.2 Å². The standard InChI is InChI=1S/C15H21BrN2O2/c1-11(20-14-8-4-3-7-13(14)16)15(19)18-9-5-6-12(18)10-17-2/h3-4,7-8,11-12,17H,5-6,9-10H2,1-2H3/t11-,12+/m0/s1. The third-order valence-electron chi connectivity index (χ3n) is 3.59. The first-order valence-corrected chi connectivity index (χ1v) is 7.79. The number of benzene rings is 1. The van der Waals surface area contributed by atoms with E-state index in [0.717, 1.165) is 30.4 Å². The van der Waals surface area contributed by atoms with Gasteiger partial charge in [0.1, 0.15) is 5.75 Å². The number of nitrogens with one attached hydrogen (secondary N) is 1. The van der Waals surface area contributed by atoms with Crippen LogP contribution in [0.2, 0.25) is 0 Å². The fourth-order valence-electron chi connectivity index (χ4n) is 2.59. The van der Waals surface area contributed by atoms with Crippen molar-refractivity contribution in [3.63, 3.8) is 0 Å². The van der Waals surface area contributed by atoms with E-state index in [9.17, 15) is 4.79 Å². The molecule has 5 heteroatoms. The summed E-state index contributed by atoms with van der Waals surface area (Å²) >= 11 is 3.43. The minimum Gasteiger partial charge on any atom is -0.480 e. The van der Waals surface area contributed by atoms with Crippen LogP contribution >= 0.6 is 15.9 Å². The summed E-state index contributed by atoms with van der Waals surface area (Å²) in [6, 6.07) is 7.89. The maximum Gasteiger partial charge on any atom is 0.263 e. The second kappa shape index (κ2) is 7.09. The van der Waals surface area contributed by atoms with E-state index < -0.39 is 6.10 Å². The Morgan fingerprint density at radius 3 is 3.00 bits per heavy atom. The number of hydrogen-bond donors (Lipinski definition) is 1. The number of nitrogens with zero attached hydrogens (tertiary/aromatic N) is 1. The van der Waals surface area contributed by atoms with E-state index in [0.29, 0.717) is 5.75 Å². The van der Waals surface area contributed by atoms with Crippen molar-refractivity contribution >= 4 is 21.8 Å². The number of carbonyl (C=O) groups is 1. The first-order valence-electron chi connectivity index (χ1n) is 6.99. The summed E-state index contributed by atoms with van der Waals surface area (Å²) in [7, 11) is 1.92. The molecule has 1 aliphatic rings. The number of amides is 1. The third kappa shape index (κ3) is 3.52. The lowest BCUT2D eigenvalue weighted by molar-refractivity contribution is -0.138. The molecule has 1 fully saturated rings. The highest BCUT2D eigenvalue weighted by atomic mass is 79.9. The summed E-state index contributed by atoms with van der Waals surface area (Å²) in [4.78, 5) is 14.4. The van der Waals surface area contributed by atoms with Crippen molar-refractivity contribution in [2.75, 3.05) is 20.1 Å². The van der Waals surface area contributed by atoms with E-state index in [2.05, 4.69) is 21.2 Å². The van der Waals surface area contributed by atoms with E-state index >= 15 is 0 Å². The van der Waals surface area contributed by atoms with E-state index in [1.165, 1.54) is 0 Å². The molecule has 4 nitrogen and oxygen atoms in total. The molecule has 0 radical (unpaired) electrons. The van der Waals surface area contributed by atoms with Gasteiger partial charge >= 0.3 is 0 Å². The molecule has 2 atom stereocenters. The zero-order valence-electron chi connectivity index (χ0n) is 11.9. The molecule has 20 heavy (non-hydrogen) atoms. The second-order valence-electron chi connectivity index (χ2n) is 5.08. The predicted molar refractivity (Wildman–Crippen MR) is 82.9 cm³/mol. The molecule has 1 heterocycles. The number of rotatable bonds is 5. The summed E-state index contributed by atoms with van der Waals surface area (Å²) in [5, 5.41) is 3.15. The van der Waals surface area contributed by atoms with Crippen LogP contribution in [-0.4, -0.2) is 43.1 Å². The topological polar surface area (TPSA) is 41.6 Å². The van der Waals surface area contributed by atoms with Crippen LogP contribution in [-0.2, 0) is 4.79 Å². The molecule has 0 unspecified atom stereocenters. The highest BCUT2D eigenvalue weighted by Gasteiger charge is 2.31. The predicted octanol–water partition coefficient (Wildman–Crippen LogP) is 2.43. The Bertz CT molecular complexity index is 467. The highest BCUT2D eigenvalue weighted by molar-refractivity contribution is 9.10. The van der Waals surface area contributed by atoms with E-state index in [4.69, 9.17) is 4.74 Å². The summed E-state index contributed by atoms with van der Waals surface area (Å²) in [5.74, 6) is 0.774. The summed E-state index contributed by atoms with van der Waals surface area (Å²) in [6.45, 7) is 3.48. The first kappa shape index (κ1) is 15.3. The van der Waals surface area contributed by atoms with Crippen LogP contribution in [0.15, 0.2) is 28.7 Å². The van der Waals surface area contributed by atoms with Crippen molar-refractivity contribution in [1.29, 1.82) is 0 Å². The molecule has 0 aliphatic carbocycles. The molecule has 0 aromatic heterocycles. The number of ether oxygens (including phenoxy) is 1. The van der Waals surface area contributed by atoms with Gasteiger partial charge in [-0.25, -0.2) is 0 Å². The molecule has 1 N–H and O–H groups in total. The zero-order chi connectivity index (χ0) is 14.5. The van der Waals surface area contributed by atoms with Gasteiger partial charge in [0.15, 0.2) is 6.10 Å². The quantitative estimate of drug-likeness (QED) is 0.894. The third-order valence-corrected chi connectivity index (χ3v) is 4.24. The van der Waals surface area contributed by atoms with Gasteiger partial charge < -0.3 is 15.0 Å². The Morgan fingerprint density at radius 2 is 2.30 bits per heavy atom. The van der Waals surface area contributed by atoms with Crippen LogP contribution in [0, 0.1) is 0 Å². The van der Waals surface area contributed by atoms with E-state index in [1.54, 1.807) is 0 Å². The van der Waals surface area contributed by atoms with Gasteiger partial charge in [-0.3, -0.25) is 4.79 Å². The molecule has 110 valence electrons. The SMILES string of the molecule is CNC[C@H]1CCCN1C(=O)[C@H](C)Oc1ccccc1Br. The maximum absolute atomic E-state index is 12.5.